The van der Waals surface area contributed by atoms with Crippen LogP contribution in [0.4, 0.5) is 0 Å². The van der Waals surface area contributed by atoms with E-state index in [1.165, 1.54) is 0 Å². The molecule has 1 atom stereocenters. The largest absolute Gasteiger partial charge is 0.321 e. The van der Waals surface area contributed by atoms with Crippen LogP contribution in [-0.4, -0.2) is 6.04 Å². The summed E-state index contributed by atoms with van der Waals surface area (Å²) in [6.45, 7) is 4.21. The quantitative estimate of drug-likeness (QED) is 0.459. The van der Waals surface area contributed by atoms with E-state index in [0.717, 1.165) is 19.3 Å². The summed E-state index contributed by atoms with van der Waals surface area (Å²) in [6, 6.07) is 0.403. The van der Waals surface area contributed by atoms with E-state index in [9.17, 15) is 0 Å². The van der Waals surface area contributed by atoms with Gasteiger partial charge in [0.25, 0.3) is 0 Å². The summed E-state index contributed by atoms with van der Waals surface area (Å²) in [5.74, 6) is 0. The molecule has 2 nitrogen and oxygen atoms in total. The van der Waals surface area contributed by atoms with Gasteiger partial charge in [-0.15, -0.1) is 0 Å². The third kappa shape index (κ3) is 3.84. The normalized spacial score (nSPS) is 12.1. The second-order valence-electron chi connectivity index (χ2n) is 2.15. The van der Waals surface area contributed by atoms with Gasteiger partial charge < -0.3 is 5.32 Å². The molecular weight excluding hydrogens is 112 g/mol. The number of nitriles is 1. The molecule has 0 aromatic carbocycles. The molecule has 1 unspecified atom stereocenters. The Balaban J connectivity index is 3.32. The standard InChI is InChI=1S/C7H14N2/c1-3-5-7(4-2)9-6-8/h7,9H,3-5H2,1-2H3. The summed E-state index contributed by atoms with van der Waals surface area (Å²) in [4.78, 5) is 0. The van der Waals surface area contributed by atoms with Crippen molar-refractivity contribution in [2.24, 2.45) is 0 Å². The molecule has 1 N–H and O–H groups in total. The Kier molecular flexibility index (Phi) is 5.00. The van der Waals surface area contributed by atoms with Crippen molar-refractivity contribution in [3.63, 3.8) is 0 Å². The third-order valence-electron chi connectivity index (χ3n) is 1.40. The second-order valence-corrected chi connectivity index (χ2v) is 2.15. The fourth-order valence-electron chi connectivity index (χ4n) is 0.818. The Morgan fingerprint density at radius 3 is 2.56 bits per heavy atom. The number of nitrogens with one attached hydrogen (secondary N) is 1. The fraction of sp³-hybridized carbons (Fsp3) is 0.857. The SMILES string of the molecule is CCCC(CC)NC#N. The van der Waals surface area contributed by atoms with E-state index < -0.39 is 0 Å². The summed E-state index contributed by atoms with van der Waals surface area (Å²) >= 11 is 0. The van der Waals surface area contributed by atoms with Crippen molar-refractivity contribution in [3.05, 3.63) is 0 Å². The molecule has 0 aliphatic carbocycles. The molecule has 0 radical (unpaired) electrons. The lowest BCUT2D eigenvalue weighted by molar-refractivity contribution is 0.527. The second kappa shape index (κ2) is 5.43. The number of nitrogens with zero attached hydrogens (tertiary/aromatic N) is 1. The predicted molar refractivity (Wildman–Crippen MR) is 37.7 cm³/mol. The van der Waals surface area contributed by atoms with Crippen LogP contribution in [-0.2, 0) is 0 Å². The number of hydrogen-bond acceptors (Lipinski definition) is 2. The molecule has 0 spiro atoms. The molecule has 52 valence electrons. The molecule has 0 aliphatic rings. The molecule has 0 aliphatic heterocycles. The summed E-state index contributed by atoms with van der Waals surface area (Å²) in [5.41, 5.74) is 0. The van der Waals surface area contributed by atoms with Gasteiger partial charge in [-0.05, 0) is 12.8 Å². The molecule has 0 aromatic rings. The van der Waals surface area contributed by atoms with Gasteiger partial charge in [0.2, 0.25) is 0 Å². The van der Waals surface area contributed by atoms with Crippen molar-refractivity contribution in [2.75, 3.05) is 0 Å². The zero-order valence-electron chi connectivity index (χ0n) is 6.15. The zero-order valence-corrected chi connectivity index (χ0v) is 6.15. The Bertz CT molecular complexity index is 93.6. The van der Waals surface area contributed by atoms with Crippen molar-refractivity contribution >= 4 is 0 Å². The summed E-state index contributed by atoms with van der Waals surface area (Å²) in [6.07, 6.45) is 5.24. The van der Waals surface area contributed by atoms with E-state index in [4.69, 9.17) is 5.26 Å². The first-order chi connectivity index (χ1) is 4.35. The molecule has 0 aromatic heterocycles. The molecule has 0 rings (SSSR count). The summed E-state index contributed by atoms with van der Waals surface area (Å²) in [5, 5.41) is 11.0. The van der Waals surface area contributed by atoms with Crippen LogP contribution in [0.5, 0.6) is 0 Å². The van der Waals surface area contributed by atoms with Gasteiger partial charge in [0.1, 0.15) is 0 Å². The van der Waals surface area contributed by atoms with Gasteiger partial charge in [-0.25, -0.2) is 0 Å². The highest BCUT2D eigenvalue weighted by Gasteiger charge is 2.00. The van der Waals surface area contributed by atoms with Gasteiger partial charge in [-0.1, -0.05) is 20.3 Å². The van der Waals surface area contributed by atoms with Crippen molar-refractivity contribution in [1.82, 2.24) is 5.32 Å². The monoisotopic (exact) mass is 126 g/mol. The molecule has 2 heteroatoms. The van der Waals surface area contributed by atoms with Crippen LogP contribution in [0.1, 0.15) is 33.1 Å². The van der Waals surface area contributed by atoms with Crippen molar-refractivity contribution in [2.45, 2.75) is 39.2 Å². The number of hydrogen-bond donors (Lipinski definition) is 1. The minimum atomic E-state index is 0.403. The van der Waals surface area contributed by atoms with Crippen LogP contribution in [0.3, 0.4) is 0 Å². The highest BCUT2D eigenvalue weighted by atomic mass is 14.9. The first kappa shape index (κ1) is 8.29. The molecule has 0 bridgehead atoms. The van der Waals surface area contributed by atoms with Crippen LogP contribution < -0.4 is 5.32 Å². The maximum Gasteiger partial charge on any atom is 0.176 e. The Morgan fingerprint density at radius 2 is 2.22 bits per heavy atom. The van der Waals surface area contributed by atoms with Gasteiger partial charge in [0.05, 0.1) is 0 Å². The minimum Gasteiger partial charge on any atom is -0.321 e. The first-order valence-corrected chi connectivity index (χ1v) is 3.49. The van der Waals surface area contributed by atoms with Gasteiger partial charge >= 0.3 is 0 Å². The highest BCUT2D eigenvalue weighted by molar-refractivity contribution is 4.74. The molecule has 0 saturated heterocycles. The molecule has 0 saturated carbocycles. The predicted octanol–water partition coefficient (Wildman–Crippen LogP) is 1.64. The number of rotatable bonds is 4. The smallest absolute Gasteiger partial charge is 0.176 e. The van der Waals surface area contributed by atoms with Gasteiger partial charge in [0, 0.05) is 6.04 Å². The third-order valence-corrected chi connectivity index (χ3v) is 1.40. The lowest BCUT2D eigenvalue weighted by Crippen LogP contribution is -2.22. The van der Waals surface area contributed by atoms with Crippen molar-refractivity contribution < 1.29 is 0 Å². The van der Waals surface area contributed by atoms with E-state index in [-0.39, 0.29) is 0 Å². The average molecular weight is 126 g/mol. The maximum absolute atomic E-state index is 8.23. The van der Waals surface area contributed by atoms with E-state index in [0.29, 0.717) is 6.04 Å². The highest BCUT2D eigenvalue weighted by Crippen LogP contribution is 1.98. The minimum absolute atomic E-state index is 0.403. The summed E-state index contributed by atoms with van der Waals surface area (Å²) in [7, 11) is 0. The fourth-order valence-corrected chi connectivity index (χ4v) is 0.818. The lowest BCUT2D eigenvalue weighted by atomic mass is 10.1. The topological polar surface area (TPSA) is 35.8 Å². The molecular formula is C7H14N2. The van der Waals surface area contributed by atoms with Crippen LogP contribution in [0.2, 0.25) is 0 Å². The van der Waals surface area contributed by atoms with Crippen molar-refractivity contribution in [3.8, 4) is 6.19 Å². The average Bonchev–Trinajstić information content (AvgIpc) is 1.88. The van der Waals surface area contributed by atoms with Crippen LogP contribution in [0, 0.1) is 11.5 Å². The molecule has 0 amide bonds. The molecule has 0 fully saturated rings. The summed E-state index contributed by atoms with van der Waals surface area (Å²) < 4.78 is 0. The zero-order chi connectivity index (χ0) is 7.11. The van der Waals surface area contributed by atoms with Crippen LogP contribution in [0.15, 0.2) is 0 Å². The molecule has 0 heterocycles. The van der Waals surface area contributed by atoms with E-state index in [1.807, 2.05) is 6.19 Å². The van der Waals surface area contributed by atoms with Gasteiger partial charge in [0.15, 0.2) is 6.19 Å². The Morgan fingerprint density at radius 1 is 1.56 bits per heavy atom. The van der Waals surface area contributed by atoms with Gasteiger partial charge in [-0.3, -0.25) is 0 Å². The van der Waals surface area contributed by atoms with Crippen molar-refractivity contribution in [1.29, 1.82) is 5.26 Å². The van der Waals surface area contributed by atoms with Crippen LogP contribution in [0.25, 0.3) is 0 Å². The first-order valence-electron chi connectivity index (χ1n) is 3.49. The maximum atomic E-state index is 8.23. The van der Waals surface area contributed by atoms with Gasteiger partial charge in [-0.2, -0.15) is 5.26 Å². The van der Waals surface area contributed by atoms with E-state index in [2.05, 4.69) is 19.2 Å². The lowest BCUT2D eigenvalue weighted by Gasteiger charge is -2.09. The van der Waals surface area contributed by atoms with Crippen LogP contribution >= 0.6 is 0 Å². The Hall–Kier alpha value is -0.710. The van der Waals surface area contributed by atoms with E-state index >= 15 is 0 Å². The van der Waals surface area contributed by atoms with E-state index in [1.54, 1.807) is 0 Å². The molecule has 9 heavy (non-hydrogen) atoms. The Labute approximate surface area is 56.9 Å².